The van der Waals surface area contributed by atoms with Gasteiger partial charge in [0, 0.05) is 35.4 Å². The minimum absolute atomic E-state index is 0.241. The minimum atomic E-state index is -0.601. The second-order valence-corrected chi connectivity index (χ2v) is 5.30. The molecular weight excluding hydrogens is 246 g/mol. The Morgan fingerprint density at radius 3 is 2.53 bits per heavy atom. The maximum absolute atomic E-state index is 13.8. The Bertz CT molecular complexity index is 617. The second-order valence-electron chi connectivity index (χ2n) is 5.30. The van der Waals surface area contributed by atoms with Crippen LogP contribution in [0.2, 0.25) is 0 Å². The van der Waals surface area contributed by atoms with Crippen LogP contribution in [-0.4, -0.2) is 17.1 Å². The van der Waals surface area contributed by atoms with Crippen LogP contribution < -0.4 is 4.90 Å². The molecule has 0 spiro atoms. The third-order valence-electron chi connectivity index (χ3n) is 3.97. The summed E-state index contributed by atoms with van der Waals surface area (Å²) in [7, 11) is 0. The number of hydrogen-bond donors (Lipinski definition) is 0. The molecule has 0 saturated carbocycles. The van der Waals surface area contributed by atoms with E-state index in [0.717, 1.165) is 24.6 Å². The lowest BCUT2D eigenvalue weighted by Gasteiger charge is -2.29. The number of benzene rings is 1. The number of halogens is 2. The highest BCUT2D eigenvalue weighted by Crippen LogP contribution is 2.35. The minimum Gasteiger partial charge on any atom is -0.366 e. The molecular formula is C15H16F2N2. The van der Waals surface area contributed by atoms with Crippen molar-refractivity contribution in [3.63, 3.8) is 0 Å². The molecule has 1 saturated heterocycles. The molecule has 2 atom stereocenters. The Morgan fingerprint density at radius 1 is 1.16 bits per heavy atom. The fraction of sp³-hybridized carbons (Fsp3) is 0.400. The maximum atomic E-state index is 13.8. The fourth-order valence-corrected chi connectivity index (χ4v) is 3.06. The molecule has 4 heteroatoms. The molecule has 1 aliphatic heterocycles. The van der Waals surface area contributed by atoms with Gasteiger partial charge in [0.15, 0.2) is 5.82 Å². The van der Waals surface area contributed by atoms with Crippen LogP contribution >= 0.6 is 0 Å². The van der Waals surface area contributed by atoms with Crippen molar-refractivity contribution in [2.45, 2.75) is 38.8 Å². The number of nitrogens with zero attached hydrogens (tertiary/aromatic N) is 2. The largest absolute Gasteiger partial charge is 0.366 e. The van der Waals surface area contributed by atoms with Crippen molar-refractivity contribution >= 4 is 16.6 Å². The van der Waals surface area contributed by atoms with Crippen LogP contribution in [-0.2, 0) is 0 Å². The van der Waals surface area contributed by atoms with Crippen molar-refractivity contribution in [1.82, 2.24) is 4.98 Å². The van der Waals surface area contributed by atoms with Crippen LogP contribution in [0.3, 0.4) is 0 Å². The van der Waals surface area contributed by atoms with Crippen LogP contribution in [0.1, 0.15) is 26.7 Å². The van der Waals surface area contributed by atoms with Gasteiger partial charge in [0.05, 0.1) is 0 Å². The van der Waals surface area contributed by atoms with E-state index in [1.807, 2.05) is 6.07 Å². The van der Waals surface area contributed by atoms with Gasteiger partial charge in [0.2, 0.25) is 0 Å². The molecule has 100 valence electrons. The summed E-state index contributed by atoms with van der Waals surface area (Å²) in [4.78, 5) is 6.27. The lowest BCUT2D eigenvalue weighted by molar-refractivity contribution is 0.590. The molecule has 1 aliphatic rings. The van der Waals surface area contributed by atoms with Crippen LogP contribution in [0.5, 0.6) is 0 Å². The molecule has 1 aromatic heterocycles. The first-order chi connectivity index (χ1) is 9.08. The number of fused-ring (bicyclic) bond motifs is 1. The first-order valence-corrected chi connectivity index (χ1v) is 6.60. The van der Waals surface area contributed by atoms with E-state index in [1.54, 1.807) is 6.20 Å². The van der Waals surface area contributed by atoms with E-state index < -0.39 is 11.6 Å². The standard InChI is InChI=1S/C15H16F2N2/c1-9-3-4-10(2)19(9)14-5-6-18-15-12(14)7-11(16)8-13(15)17/h5-10H,3-4H2,1-2H3. The highest BCUT2D eigenvalue weighted by Gasteiger charge is 2.28. The molecule has 2 unspecified atom stereocenters. The van der Waals surface area contributed by atoms with Crippen LogP contribution in [0.15, 0.2) is 24.4 Å². The summed E-state index contributed by atoms with van der Waals surface area (Å²) in [5.74, 6) is -1.16. The van der Waals surface area contributed by atoms with E-state index in [0.29, 0.717) is 17.5 Å². The molecule has 0 bridgehead atoms. The molecule has 2 heterocycles. The first kappa shape index (κ1) is 12.3. The summed E-state index contributed by atoms with van der Waals surface area (Å²) in [6.07, 6.45) is 3.79. The summed E-state index contributed by atoms with van der Waals surface area (Å²) in [5, 5.41) is 0.556. The molecule has 0 amide bonds. The Hall–Kier alpha value is -1.71. The van der Waals surface area contributed by atoms with E-state index in [1.165, 1.54) is 6.07 Å². The average Bonchev–Trinajstić information content (AvgIpc) is 2.69. The zero-order valence-electron chi connectivity index (χ0n) is 11.0. The summed E-state index contributed by atoms with van der Waals surface area (Å²) >= 11 is 0. The highest BCUT2D eigenvalue weighted by molar-refractivity contribution is 5.92. The zero-order valence-corrected chi connectivity index (χ0v) is 11.0. The van der Waals surface area contributed by atoms with Crippen molar-refractivity contribution < 1.29 is 8.78 Å². The molecule has 0 N–H and O–H groups in total. The predicted octanol–water partition coefficient (Wildman–Crippen LogP) is 3.89. The Balaban J connectivity index is 2.24. The van der Waals surface area contributed by atoms with E-state index in [2.05, 4.69) is 23.7 Å². The topological polar surface area (TPSA) is 16.1 Å². The smallest absolute Gasteiger partial charge is 0.152 e. The van der Waals surface area contributed by atoms with Gasteiger partial charge in [-0.25, -0.2) is 8.78 Å². The molecule has 1 fully saturated rings. The number of hydrogen-bond acceptors (Lipinski definition) is 2. The third kappa shape index (κ3) is 1.95. The van der Waals surface area contributed by atoms with Gasteiger partial charge in [-0.15, -0.1) is 0 Å². The van der Waals surface area contributed by atoms with Gasteiger partial charge in [-0.2, -0.15) is 0 Å². The summed E-state index contributed by atoms with van der Waals surface area (Å²) in [6, 6.07) is 4.87. The van der Waals surface area contributed by atoms with Crippen LogP contribution in [0, 0.1) is 11.6 Å². The first-order valence-electron chi connectivity index (χ1n) is 6.60. The molecule has 2 aromatic rings. The van der Waals surface area contributed by atoms with E-state index >= 15 is 0 Å². The predicted molar refractivity (Wildman–Crippen MR) is 72.3 cm³/mol. The van der Waals surface area contributed by atoms with Gasteiger partial charge >= 0.3 is 0 Å². The van der Waals surface area contributed by atoms with Crippen molar-refractivity contribution in [3.8, 4) is 0 Å². The van der Waals surface area contributed by atoms with Crippen molar-refractivity contribution in [2.24, 2.45) is 0 Å². The van der Waals surface area contributed by atoms with Crippen LogP contribution in [0.4, 0.5) is 14.5 Å². The summed E-state index contributed by atoms with van der Waals surface area (Å²) in [6.45, 7) is 4.29. The lowest BCUT2D eigenvalue weighted by atomic mass is 10.1. The van der Waals surface area contributed by atoms with Gasteiger partial charge in [0.25, 0.3) is 0 Å². The Labute approximate surface area is 111 Å². The van der Waals surface area contributed by atoms with E-state index in [4.69, 9.17) is 0 Å². The molecule has 0 radical (unpaired) electrons. The normalized spacial score (nSPS) is 23.3. The van der Waals surface area contributed by atoms with Crippen molar-refractivity contribution in [2.75, 3.05) is 4.90 Å². The quantitative estimate of drug-likeness (QED) is 0.775. The van der Waals surface area contributed by atoms with E-state index in [9.17, 15) is 8.78 Å². The summed E-state index contributed by atoms with van der Waals surface area (Å²) < 4.78 is 27.3. The zero-order chi connectivity index (χ0) is 13.6. The molecule has 3 rings (SSSR count). The van der Waals surface area contributed by atoms with Gasteiger partial charge in [-0.3, -0.25) is 4.98 Å². The lowest BCUT2D eigenvalue weighted by Crippen LogP contribution is -2.32. The molecule has 19 heavy (non-hydrogen) atoms. The number of aromatic nitrogens is 1. The molecule has 1 aromatic carbocycles. The van der Waals surface area contributed by atoms with Gasteiger partial charge < -0.3 is 4.90 Å². The van der Waals surface area contributed by atoms with Gasteiger partial charge in [0.1, 0.15) is 11.3 Å². The molecule has 2 nitrogen and oxygen atoms in total. The SMILES string of the molecule is CC1CCC(C)N1c1ccnc2c(F)cc(F)cc12. The fourth-order valence-electron chi connectivity index (χ4n) is 3.06. The Kier molecular flexibility index (Phi) is 2.88. The summed E-state index contributed by atoms with van der Waals surface area (Å²) in [5.41, 5.74) is 1.12. The number of anilines is 1. The van der Waals surface area contributed by atoms with Crippen molar-refractivity contribution in [3.05, 3.63) is 36.0 Å². The van der Waals surface area contributed by atoms with Gasteiger partial charge in [-0.05, 0) is 38.8 Å². The number of pyridine rings is 1. The van der Waals surface area contributed by atoms with E-state index in [-0.39, 0.29) is 5.52 Å². The number of rotatable bonds is 1. The Morgan fingerprint density at radius 2 is 1.84 bits per heavy atom. The maximum Gasteiger partial charge on any atom is 0.152 e. The second kappa shape index (κ2) is 4.44. The monoisotopic (exact) mass is 262 g/mol. The van der Waals surface area contributed by atoms with Crippen LogP contribution in [0.25, 0.3) is 10.9 Å². The van der Waals surface area contributed by atoms with Gasteiger partial charge in [-0.1, -0.05) is 0 Å². The molecule has 0 aliphatic carbocycles. The third-order valence-corrected chi connectivity index (χ3v) is 3.97. The van der Waals surface area contributed by atoms with Crippen molar-refractivity contribution in [1.29, 1.82) is 0 Å². The average molecular weight is 262 g/mol. The highest BCUT2D eigenvalue weighted by atomic mass is 19.1.